The lowest BCUT2D eigenvalue weighted by Crippen LogP contribution is -2.29. The van der Waals surface area contributed by atoms with E-state index in [1.54, 1.807) is 18.2 Å². The van der Waals surface area contributed by atoms with Crippen molar-refractivity contribution in [3.63, 3.8) is 0 Å². The number of aryl methyl sites for hydroxylation is 1. The van der Waals surface area contributed by atoms with Crippen molar-refractivity contribution in [3.8, 4) is 5.75 Å². The summed E-state index contributed by atoms with van der Waals surface area (Å²) in [4.78, 5) is 4.18. The van der Waals surface area contributed by atoms with Crippen LogP contribution in [0.25, 0.3) is 0 Å². The predicted octanol–water partition coefficient (Wildman–Crippen LogP) is 0.496. The van der Waals surface area contributed by atoms with Gasteiger partial charge in [-0.05, 0) is 19.1 Å². The summed E-state index contributed by atoms with van der Waals surface area (Å²) in [5.41, 5.74) is 1.34. The number of aromatic nitrogens is 1. The Morgan fingerprint density at radius 1 is 1.53 bits per heavy atom. The average Bonchev–Trinajstić information content (AvgIpc) is 2.60. The molecule has 0 amide bonds. The number of rotatable bonds is 3. The van der Waals surface area contributed by atoms with E-state index in [0.29, 0.717) is 12.2 Å². The highest BCUT2D eigenvalue weighted by molar-refractivity contribution is 7.94. The summed E-state index contributed by atoms with van der Waals surface area (Å²) in [6.07, 6.45) is 1.61. The molecule has 0 spiro atoms. The first-order valence-electron chi connectivity index (χ1n) is 5.26. The highest BCUT2D eigenvalue weighted by atomic mass is 32.2. The van der Waals surface area contributed by atoms with Crippen molar-refractivity contribution < 1.29 is 13.5 Å². The highest BCUT2D eigenvalue weighted by Crippen LogP contribution is 2.15. The molecular weight excluding hydrogens is 240 g/mol. The van der Waals surface area contributed by atoms with Crippen LogP contribution >= 0.6 is 0 Å². The summed E-state index contributed by atoms with van der Waals surface area (Å²) in [7, 11) is -3.04. The molecule has 0 saturated carbocycles. The van der Waals surface area contributed by atoms with Crippen LogP contribution in [-0.2, 0) is 16.4 Å². The molecule has 2 rings (SSSR count). The van der Waals surface area contributed by atoms with E-state index in [1.807, 2.05) is 6.92 Å². The Morgan fingerprint density at radius 2 is 2.29 bits per heavy atom. The monoisotopic (exact) mass is 254 g/mol. The lowest BCUT2D eigenvalue weighted by Gasteiger charge is -2.10. The van der Waals surface area contributed by atoms with E-state index in [4.69, 9.17) is 0 Å². The van der Waals surface area contributed by atoms with Crippen LogP contribution in [-0.4, -0.2) is 30.3 Å². The van der Waals surface area contributed by atoms with E-state index >= 15 is 0 Å². The van der Waals surface area contributed by atoms with Gasteiger partial charge in [0.15, 0.2) is 9.84 Å². The Balaban J connectivity index is 1.99. The van der Waals surface area contributed by atoms with E-state index in [0.717, 1.165) is 5.69 Å². The van der Waals surface area contributed by atoms with Gasteiger partial charge in [-0.25, -0.2) is 8.42 Å². The van der Waals surface area contributed by atoms with Crippen molar-refractivity contribution >= 4 is 9.84 Å². The molecule has 0 saturated heterocycles. The molecule has 17 heavy (non-hydrogen) atoms. The lowest BCUT2D eigenvalue weighted by atomic mass is 10.2. The normalized spacial score (nSPS) is 21.8. The topological polar surface area (TPSA) is 79.3 Å². The van der Waals surface area contributed by atoms with Crippen LogP contribution < -0.4 is 5.32 Å². The van der Waals surface area contributed by atoms with Crippen molar-refractivity contribution in [2.45, 2.75) is 19.5 Å². The van der Waals surface area contributed by atoms with Gasteiger partial charge in [0.1, 0.15) is 5.75 Å². The zero-order valence-corrected chi connectivity index (χ0v) is 10.2. The number of hydrogen-bond acceptors (Lipinski definition) is 5. The molecule has 6 heteroatoms. The zero-order valence-electron chi connectivity index (χ0n) is 9.42. The molecule has 0 radical (unpaired) electrons. The van der Waals surface area contributed by atoms with Gasteiger partial charge in [0, 0.05) is 23.7 Å². The maximum absolute atomic E-state index is 11.2. The van der Waals surface area contributed by atoms with Crippen molar-refractivity contribution in [1.29, 1.82) is 0 Å². The Morgan fingerprint density at radius 3 is 2.94 bits per heavy atom. The minimum absolute atomic E-state index is 0.0690. The fourth-order valence-electron chi connectivity index (χ4n) is 1.66. The first-order chi connectivity index (χ1) is 7.96. The van der Waals surface area contributed by atoms with Crippen LogP contribution in [0, 0.1) is 6.92 Å². The summed E-state index contributed by atoms with van der Waals surface area (Å²) in [6.45, 7) is 2.18. The van der Waals surface area contributed by atoms with Crippen molar-refractivity contribution in [2.75, 3.05) is 5.75 Å². The Hall–Kier alpha value is -1.40. The van der Waals surface area contributed by atoms with Crippen LogP contribution in [0.15, 0.2) is 23.6 Å². The molecule has 1 unspecified atom stereocenters. The third-order valence-electron chi connectivity index (χ3n) is 2.55. The van der Waals surface area contributed by atoms with Crippen LogP contribution in [0.4, 0.5) is 0 Å². The van der Waals surface area contributed by atoms with Crippen LogP contribution in [0.3, 0.4) is 0 Å². The Labute approximate surface area is 100 Å². The fraction of sp³-hybridized carbons (Fsp3) is 0.364. The second-order valence-electron chi connectivity index (χ2n) is 4.06. The van der Waals surface area contributed by atoms with Crippen LogP contribution in [0.1, 0.15) is 11.4 Å². The SMILES string of the molecule is Cc1ccc(O)c(CNC2C=CS(=O)(=O)C2)n1. The summed E-state index contributed by atoms with van der Waals surface area (Å²) in [5, 5.41) is 13.8. The molecular formula is C11H14N2O3S. The Kier molecular flexibility index (Phi) is 3.17. The number of nitrogens with one attached hydrogen (secondary N) is 1. The summed E-state index contributed by atoms with van der Waals surface area (Å²) < 4.78 is 22.4. The molecule has 0 aromatic carbocycles. The predicted molar refractivity (Wildman–Crippen MR) is 64.2 cm³/mol. The maximum Gasteiger partial charge on any atom is 0.173 e. The van der Waals surface area contributed by atoms with Gasteiger partial charge in [-0.2, -0.15) is 0 Å². The van der Waals surface area contributed by atoms with Crippen molar-refractivity contribution in [2.24, 2.45) is 0 Å². The maximum atomic E-state index is 11.2. The summed E-state index contributed by atoms with van der Waals surface area (Å²) >= 11 is 0. The quantitative estimate of drug-likeness (QED) is 0.821. The van der Waals surface area contributed by atoms with Crippen molar-refractivity contribution in [3.05, 3.63) is 35.0 Å². The van der Waals surface area contributed by atoms with Gasteiger partial charge in [0.2, 0.25) is 0 Å². The zero-order chi connectivity index (χ0) is 12.5. The second-order valence-corrected chi connectivity index (χ2v) is 6.00. The van der Waals surface area contributed by atoms with Crippen LogP contribution in [0.2, 0.25) is 0 Å². The second kappa shape index (κ2) is 4.46. The number of pyridine rings is 1. The van der Waals surface area contributed by atoms with E-state index in [-0.39, 0.29) is 17.5 Å². The minimum Gasteiger partial charge on any atom is -0.506 e. The molecule has 5 nitrogen and oxygen atoms in total. The van der Waals surface area contributed by atoms with Gasteiger partial charge in [0.05, 0.1) is 11.4 Å². The number of sulfone groups is 1. The highest BCUT2D eigenvalue weighted by Gasteiger charge is 2.21. The average molecular weight is 254 g/mol. The molecule has 0 fully saturated rings. The molecule has 92 valence electrons. The molecule has 0 aliphatic carbocycles. The van der Waals surface area contributed by atoms with E-state index in [2.05, 4.69) is 10.3 Å². The Bertz CT molecular complexity index is 552. The first-order valence-corrected chi connectivity index (χ1v) is 6.98. The fourth-order valence-corrected chi connectivity index (χ4v) is 2.93. The van der Waals surface area contributed by atoms with Crippen LogP contribution in [0.5, 0.6) is 5.75 Å². The van der Waals surface area contributed by atoms with E-state index in [1.165, 1.54) is 5.41 Å². The van der Waals surface area contributed by atoms with Gasteiger partial charge in [-0.3, -0.25) is 4.98 Å². The third kappa shape index (κ3) is 3.04. The van der Waals surface area contributed by atoms with Gasteiger partial charge in [0.25, 0.3) is 0 Å². The number of nitrogens with zero attached hydrogens (tertiary/aromatic N) is 1. The summed E-state index contributed by atoms with van der Waals surface area (Å²) in [6, 6.07) is 3.10. The van der Waals surface area contributed by atoms with E-state index in [9.17, 15) is 13.5 Å². The summed E-state index contributed by atoms with van der Waals surface area (Å²) in [5.74, 6) is 0.187. The van der Waals surface area contributed by atoms with Gasteiger partial charge >= 0.3 is 0 Å². The number of hydrogen-bond donors (Lipinski definition) is 2. The molecule has 1 aliphatic heterocycles. The smallest absolute Gasteiger partial charge is 0.173 e. The largest absolute Gasteiger partial charge is 0.506 e. The first kappa shape index (κ1) is 12.1. The van der Waals surface area contributed by atoms with Gasteiger partial charge < -0.3 is 10.4 Å². The van der Waals surface area contributed by atoms with Crippen molar-refractivity contribution in [1.82, 2.24) is 10.3 Å². The van der Waals surface area contributed by atoms with E-state index < -0.39 is 9.84 Å². The van der Waals surface area contributed by atoms with Gasteiger partial charge in [-0.15, -0.1) is 0 Å². The number of aromatic hydroxyl groups is 1. The molecule has 1 aromatic heterocycles. The lowest BCUT2D eigenvalue weighted by molar-refractivity contribution is 0.457. The molecule has 1 aromatic rings. The molecule has 1 aliphatic rings. The minimum atomic E-state index is -3.04. The molecule has 0 bridgehead atoms. The molecule has 1 atom stereocenters. The van der Waals surface area contributed by atoms with Gasteiger partial charge in [-0.1, -0.05) is 6.08 Å². The standard InChI is InChI=1S/C11H14N2O3S/c1-8-2-3-11(14)10(13-8)6-12-9-4-5-17(15,16)7-9/h2-5,9,12,14H,6-7H2,1H3. The molecule has 2 N–H and O–H groups in total. The third-order valence-corrected chi connectivity index (χ3v) is 3.95. The molecule has 2 heterocycles.